The van der Waals surface area contributed by atoms with Gasteiger partial charge in [-0.1, -0.05) is 12.1 Å². The standard InChI is InChI=1S/C13H17NO/c1-8-3-6-11-12(7-8)15-9(2)13(11)14-10-4-5-10/h3,6-7,9-10,13-14H,4-5H2,1-2H3. The van der Waals surface area contributed by atoms with Crippen molar-refractivity contribution < 1.29 is 4.74 Å². The summed E-state index contributed by atoms with van der Waals surface area (Å²) in [6.07, 6.45) is 2.91. The second kappa shape index (κ2) is 3.24. The van der Waals surface area contributed by atoms with Gasteiger partial charge in [0.05, 0.1) is 6.04 Å². The molecule has 1 aliphatic heterocycles. The number of hydrogen-bond acceptors (Lipinski definition) is 2. The molecule has 1 aromatic rings. The van der Waals surface area contributed by atoms with E-state index < -0.39 is 0 Å². The first-order chi connectivity index (χ1) is 7.24. The van der Waals surface area contributed by atoms with Crippen LogP contribution >= 0.6 is 0 Å². The fraction of sp³-hybridized carbons (Fsp3) is 0.538. The molecule has 1 aliphatic carbocycles. The maximum atomic E-state index is 5.87. The van der Waals surface area contributed by atoms with Crippen molar-refractivity contribution in [2.24, 2.45) is 0 Å². The van der Waals surface area contributed by atoms with E-state index in [1.165, 1.54) is 24.0 Å². The molecule has 3 rings (SSSR count). The molecular weight excluding hydrogens is 186 g/mol. The Labute approximate surface area is 90.6 Å². The molecule has 0 radical (unpaired) electrons. The van der Waals surface area contributed by atoms with Gasteiger partial charge in [-0.25, -0.2) is 0 Å². The third kappa shape index (κ3) is 1.63. The summed E-state index contributed by atoms with van der Waals surface area (Å²) in [4.78, 5) is 0. The minimum Gasteiger partial charge on any atom is -0.488 e. The number of aryl methyl sites for hydroxylation is 1. The van der Waals surface area contributed by atoms with Crippen molar-refractivity contribution in [3.63, 3.8) is 0 Å². The third-order valence-electron chi connectivity index (χ3n) is 3.28. The van der Waals surface area contributed by atoms with Gasteiger partial charge in [-0.05, 0) is 38.3 Å². The van der Waals surface area contributed by atoms with Crippen LogP contribution in [0.1, 0.15) is 36.9 Å². The van der Waals surface area contributed by atoms with Crippen LogP contribution in [0.4, 0.5) is 0 Å². The maximum Gasteiger partial charge on any atom is 0.124 e. The molecule has 2 atom stereocenters. The Morgan fingerprint density at radius 3 is 2.87 bits per heavy atom. The Bertz CT molecular complexity index is 384. The van der Waals surface area contributed by atoms with E-state index in [-0.39, 0.29) is 6.10 Å². The summed E-state index contributed by atoms with van der Waals surface area (Å²) in [5, 5.41) is 3.65. The van der Waals surface area contributed by atoms with Crippen LogP contribution in [0.5, 0.6) is 5.75 Å². The summed E-state index contributed by atoms with van der Waals surface area (Å²) in [5.41, 5.74) is 2.60. The molecule has 1 fully saturated rings. The van der Waals surface area contributed by atoms with Crippen molar-refractivity contribution in [1.82, 2.24) is 5.32 Å². The fourth-order valence-electron chi connectivity index (χ4n) is 2.25. The van der Waals surface area contributed by atoms with Gasteiger partial charge < -0.3 is 10.1 Å². The van der Waals surface area contributed by atoms with Crippen molar-refractivity contribution in [2.75, 3.05) is 0 Å². The van der Waals surface area contributed by atoms with E-state index in [9.17, 15) is 0 Å². The van der Waals surface area contributed by atoms with Crippen LogP contribution in [0.3, 0.4) is 0 Å². The average molecular weight is 203 g/mol. The molecule has 2 heteroatoms. The maximum absolute atomic E-state index is 5.87. The zero-order chi connectivity index (χ0) is 10.4. The number of ether oxygens (including phenoxy) is 1. The summed E-state index contributed by atoms with van der Waals surface area (Å²) in [6.45, 7) is 4.26. The zero-order valence-electron chi connectivity index (χ0n) is 9.29. The van der Waals surface area contributed by atoms with Crippen LogP contribution in [0.2, 0.25) is 0 Å². The quantitative estimate of drug-likeness (QED) is 0.797. The molecule has 1 saturated carbocycles. The van der Waals surface area contributed by atoms with E-state index in [4.69, 9.17) is 4.74 Å². The van der Waals surface area contributed by atoms with Gasteiger partial charge in [0.25, 0.3) is 0 Å². The molecule has 80 valence electrons. The predicted molar refractivity (Wildman–Crippen MR) is 60.2 cm³/mol. The Morgan fingerprint density at radius 2 is 2.13 bits per heavy atom. The van der Waals surface area contributed by atoms with Gasteiger partial charge in [0.2, 0.25) is 0 Å². The SMILES string of the molecule is Cc1ccc2c(c1)OC(C)C2NC1CC1. The van der Waals surface area contributed by atoms with Gasteiger partial charge in [-0.2, -0.15) is 0 Å². The molecule has 0 bridgehead atoms. The Balaban J connectivity index is 1.90. The van der Waals surface area contributed by atoms with Crippen LogP contribution in [-0.4, -0.2) is 12.1 Å². The van der Waals surface area contributed by atoms with Gasteiger partial charge in [0, 0.05) is 11.6 Å². The molecule has 1 N–H and O–H groups in total. The van der Waals surface area contributed by atoms with Gasteiger partial charge in [-0.3, -0.25) is 0 Å². The summed E-state index contributed by atoms with van der Waals surface area (Å²) in [6, 6.07) is 7.64. The Hall–Kier alpha value is -1.02. The summed E-state index contributed by atoms with van der Waals surface area (Å²) < 4.78 is 5.87. The smallest absolute Gasteiger partial charge is 0.124 e. The minimum absolute atomic E-state index is 0.266. The van der Waals surface area contributed by atoms with Crippen LogP contribution in [0.15, 0.2) is 18.2 Å². The van der Waals surface area contributed by atoms with E-state index >= 15 is 0 Å². The fourth-order valence-corrected chi connectivity index (χ4v) is 2.25. The highest BCUT2D eigenvalue weighted by molar-refractivity contribution is 5.43. The lowest BCUT2D eigenvalue weighted by atomic mass is 10.0. The zero-order valence-corrected chi connectivity index (χ0v) is 9.29. The summed E-state index contributed by atoms with van der Waals surface area (Å²) in [7, 11) is 0. The highest BCUT2D eigenvalue weighted by Gasteiger charge is 2.35. The number of benzene rings is 1. The highest BCUT2D eigenvalue weighted by atomic mass is 16.5. The van der Waals surface area contributed by atoms with Crippen molar-refractivity contribution in [1.29, 1.82) is 0 Å². The van der Waals surface area contributed by atoms with Crippen LogP contribution in [0.25, 0.3) is 0 Å². The second-order valence-electron chi connectivity index (χ2n) is 4.78. The first-order valence-corrected chi connectivity index (χ1v) is 5.77. The van der Waals surface area contributed by atoms with Gasteiger partial charge in [-0.15, -0.1) is 0 Å². The monoisotopic (exact) mass is 203 g/mol. The lowest BCUT2D eigenvalue weighted by molar-refractivity contribution is 0.208. The number of nitrogens with one attached hydrogen (secondary N) is 1. The molecular formula is C13H17NO. The van der Waals surface area contributed by atoms with E-state index in [1.807, 2.05) is 0 Å². The van der Waals surface area contributed by atoms with Gasteiger partial charge in [0.1, 0.15) is 11.9 Å². The molecule has 0 spiro atoms. The van der Waals surface area contributed by atoms with E-state index in [0.29, 0.717) is 6.04 Å². The van der Waals surface area contributed by atoms with E-state index in [2.05, 4.69) is 37.4 Å². The third-order valence-corrected chi connectivity index (χ3v) is 3.28. The molecule has 2 nitrogen and oxygen atoms in total. The number of hydrogen-bond donors (Lipinski definition) is 1. The van der Waals surface area contributed by atoms with Crippen LogP contribution < -0.4 is 10.1 Å². The van der Waals surface area contributed by atoms with Crippen molar-refractivity contribution >= 4 is 0 Å². The van der Waals surface area contributed by atoms with Gasteiger partial charge in [0.15, 0.2) is 0 Å². The van der Waals surface area contributed by atoms with Crippen LogP contribution in [0, 0.1) is 6.92 Å². The molecule has 2 aliphatic rings. The summed E-state index contributed by atoms with van der Waals surface area (Å²) >= 11 is 0. The normalized spacial score (nSPS) is 28.7. The Morgan fingerprint density at radius 1 is 1.33 bits per heavy atom. The van der Waals surface area contributed by atoms with E-state index in [0.717, 1.165) is 11.8 Å². The van der Waals surface area contributed by atoms with Crippen molar-refractivity contribution in [3.05, 3.63) is 29.3 Å². The topological polar surface area (TPSA) is 21.3 Å². The van der Waals surface area contributed by atoms with Crippen LogP contribution in [-0.2, 0) is 0 Å². The Kier molecular flexibility index (Phi) is 1.99. The molecule has 1 heterocycles. The van der Waals surface area contributed by atoms with Crippen molar-refractivity contribution in [2.45, 2.75) is 44.9 Å². The molecule has 1 aromatic carbocycles. The second-order valence-corrected chi connectivity index (χ2v) is 4.78. The molecule has 0 amide bonds. The first-order valence-electron chi connectivity index (χ1n) is 5.77. The van der Waals surface area contributed by atoms with Crippen molar-refractivity contribution in [3.8, 4) is 5.75 Å². The molecule has 0 saturated heterocycles. The number of fused-ring (bicyclic) bond motifs is 1. The minimum atomic E-state index is 0.266. The number of rotatable bonds is 2. The lowest BCUT2D eigenvalue weighted by Crippen LogP contribution is -2.30. The van der Waals surface area contributed by atoms with Gasteiger partial charge >= 0.3 is 0 Å². The summed E-state index contributed by atoms with van der Waals surface area (Å²) in [5.74, 6) is 1.07. The highest BCUT2D eigenvalue weighted by Crippen LogP contribution is 2.38. The largest absolute Gasteiger partial charge is 0.488 e. The first kappa shape index (κ1) is 9.22. The molecule has 2 unspecified atom stereocenters. The lowest BCUT2D eigenvalue weighted by Gasteiger charge is -2.16. The van der Waals surface area contributed by atoms with E-state index in [1.54, 1.807) is 0 Å². The molecule has 15 heavy (non-hydrogen) atoms. The molecule has 0 aromatic heterocycles. The predicted octanol–water partition coefficient (Wildman–Crippen LogP) is 2.57. The average Bonchev–Trinajstić information content (AvgIpc) is 2.93.